The Balaban J connectivity index is 1.85. The van der Waals surface area contributed by atoms with Crippen LogP contribution in [0, 0.1) is 0 Å². The zero-order chi connectivity index (χ0) is 23.0. The monoisotopic (exact) mass is 470 g/mol. The largest absolute Gasteiger partial charge is 0.478 e. The number of benzene rings is 1. The third-order valence-electron chi connectivity index (χ3n) is 5.29. The maximum absolute atomic E-state index is 13.2. The Hall–Kier alpha value is -3.09. The molecule has 164 valence electrons. The molecule has 0 amide bonds. The minimum Gasteiger partial charge on any atom is -0.478 e. The number of aromatic nitrogens is 2. The molecule has 0 aliphatic heterocycles. The zero-order valence-corrected chi connectivity index (χ0v) is 19.2. The molecule has 4 rings (SSSR count). The summed E-state index contributed by atoms with van der Waals surface area (Å²) in [5.41, 5.74) is 2.50. The van der Waals surface area contributed by atoms with Crippen molar-refractivity contribution >= 4 is 40.0 Å². The maximum atomic E-state index is 13.2. The highest BCUT2D eigenvalue weighted by Crippen LogP contribution is 2.37. The fourth-order valence-electron chi connectivity index (χ4n) is 3.67. The molecule has 1 N–H and O–H groups in total. The number of H-pyrrole nitrogens is 1. The highest BCUT2D eigenvalue weighted by Gasteiger charge is 2.22. The predicted octanol–water partition coefficient (Wildman–Crippen LogP) is 6.05. The van der Waals surface area contributed by atoms with E-state index < -0.39 is 5.56 Å². The number of fused-ring (bicyclic) bond motifs is 1. The van der Waals surface area contributed by atoms with Crippen LogP contribution in [-0.2, 0) is 6.42 Å². The van der Waals surface area contributed by atoms with Gasteiger partial charge in [-0.25, -0.2) is 4.98 Å². The fraction of sp³-hybridized carbons (Fsp3) is 0.208. The van der Waals surface area contributed by atoms with Crippen molar-refractivity contribution in [3.63, 3.8) is 0 Å². The van der Waals surface area contributed by atoms with Gasteiger partial charge in [0.15, 0.2) is 11.4 Å². The Morgan fingerprint density at radius 3 is 2.72 bits per heavy atom. The molecule has 0 aliphatic rings. The lowest BCUT2D eigenvalue weighted by atomic mass is 9.95. The van der Waals surface area contributed by atoms with Gasteiger partial charge in [-0.15, -0.1) is 0 Å². The second-order valence-corrected chi connectivity index (χ2v) is 8.42. The fourth-order valence-corrected chi connectivity index (χ4v) is 4.15. The van der Waals surface area contributed by atoms with Gasteiger partial charge in [0, 0.05) is 40.9 Å². The van der Waals surface area contributed by atoms with E-state index in [0.717, 1.165) is 11.1 Å². The summed E-state index contributed by atoms with van der Waals surface area (Å²) >= 11 is 12.3. The van der Waals surface area contributed by atoms with Gasteiger partial charge in [-0.05, 0) is 17.5 Å². The molecule has 8 heteroatoms. The average Bonchev–Trinajstić information content (AvgIpc) is 3.23. The van der Waals surface area contributed by atoms with E-state index in [9.17, 15) is 9.59 Å². The number of furan rings is 1. The third-order valence-corrected chi connectivity index (χ3v) is 6.03. The summed E-state index contributed by atoms with van der Waals surface area (Å²) in [4.78, 5) is 31.7. The number of halogens is 2. The summed E-state index contributed by atoms with van der Waals surface area (Å²) in [6.07, 6.45) is 2.60. The topological polar surface area (TPSA) is 85.2 Å². The minimum atomic E-state index is -0.507. The SMILES string of the molecule is COc1ncc(C(=O)Cc2c(Cl)c[nH]c(=O)c2Cl)c2cc(-c3ccccc3C(C)C)oc12. The summed E-state index contributed by atoms with van der Waals surface area (Å²) in [7, 11) is 1.49. The Labute approximate surface area is 194 Å². The first kappa shape index (κ1) is 22.1. The van der Waals surface area contributed by atoms with Crippen LogP contribution in [0.3, 0.4) is 0 Å². The van der Waals surface area contributed by atoms with Gasteiger partial charge in [0.25, 0.3) is 11.4 Å². The number of hydrogen-bond donors (Lipinski definition) is 1. The number of carbonyl (C=O) groups is 1. The van der Waals surface area contributed by atoms with Gasteiger partial charge in [0.1, 0.15) is 10.8 Å². The highest BCUT2D eigenvalue weighted by atomic mass is 35.5. The van der Waals surface area contributed by atoms with Gasteiger partial charge in [-0.1, -0.05) is 61.3 Å². The van der Waals surface area contributed by atoms with E-state index in [1.807, 2.05) is 30.3 Å². The number of rotatable bonds is 6. The van der Waals surface area contributed by atoms with Crippen molar-refractivity contribution in [1.82, 2.24) is 9.97 Å². The molecule has 0 aliphatic carbocycles. The molecule has 0 unspecified atom stereocenters. The standard InChI is InChI=1S/C24H20Cl2N2O4/c1-12(2)13-6-4-5-7-14(13)20-9-15-17(10-28-24(31-3)22(15)32-20)19(29)8-16-18(25)11-27-23(30)21(16)26/h4-7,9-12H,8H2,1-3H3,(H,27,30). The lowest BCUT2D eigenvalue weighted by molar-refractivity contribution is 0.0994. The molecule has 32 heavy (non-hydrogen) atoms. The van der Waals surface area contributed by atoms with Crippen LogP contribution in [0.15, 0.2) is 51.9 Å². The Morgan fingerprint density at radius 2 is 2.00 bits per heavy atom. The number of carbonyl (C=O) groups excluding carboxylic acids is 1. The predicted molar refractivity (Wildman–Crippen MR) is 125 cm³/mol. The Kier molecular flexibility index (Phi) is 6.09. The molecule has 0 fully saturated rings. The van der Waals surface area contributed by atoms with Crippen LogP contribution in [-0.4, -0.2) is 22.9 Å². The molecule has 1 aromatic carbocycles. The van der Waals surface area contributed by atoms with Gasteiger partial charge in [-0.3, -0.25) is 9.59 Å². The first-order valence-electron chi connectivity index (χ1n) is 9.96. The number of ketones is 1. The van der Waals surface area contributed by atoms with Gasteiger partial charge in [-0.2, -0.15) is 0 Å². The number of hydrogen-bond acceptors (Lipinski definition) is 5. The molecule has 3 heterocycles. The average molecular weight is 471 g/mol. The van der Waals surface area contributed by atoms with Crippen molar-refractivity contribution in [2.75, 3.05) is 7.11 Å². The zero-order valence-electron chi connectivity index (χ0n) is 17.7. The molecule has 0 radical (unpaired) electrons. The summed E-state index contributed by atoms with van der Waals surface area (Å²) in [5.74, 6) is 0.860. The van der Waals surface area contributed by atoms with Gasteiger partial charge in [0.05, 0.1) is 12.1 Å². The van der Waals surface area contributed by atoms with Crippen molar-refractivity contribution in [2.24, 2.45) is 0 Å². The number of nitrogens with zero attached hydrogens (tertiary/aromatic N) is 1. The number of Topliss-reactive ketones (excluding diaryl/α,β-unsaturated/α-hetero) is 1. The Morgan fingerprint density at radius 1 is 1.25 bits per heavy atom. The van der Waals surface area contributed by atoms with Gasteiger partial charge < -0.3 is 14.1 Å². The summed E-state index contributed by atoms with van der Waals surface area (Å²) < 4.78 is 11.5. The van der Waals surface area contributed by atoms with Crippen LogP contribution in [0.4, 0.5) is 0 Å². The van der Waals surface area contributed by atoms with Crippen molar-refractivity contribution in [1.29, 1.82) is 0 Å². The van der Waals surface area contributed by atoms with E-state index in [1.54, 1.807) is 0 Å². The molecular weight excluding hydrogens is 451 g/mol. The van der Waals surface area contributed by atoms with Gasteiger partial charge in [0.2, 0.25) is 0 Å². The number of aromatic amines is 1. The van der Waals surface area contributed by atoms with Gasteiger partial charge >= 0.3 is 0 Å². The lowest BCUT2D eigenvalue weighted by Crippen LogP contribution is -2.13. The molecule has 4 aromatic rings. The molecular formula is C24H20Cl2N2O4. The molecule has 0 atom stereocenters. The van der Waals surface area contributed by atoms with Crippen LogP contribution >= 0.6 is 23.2 Å². The molecule has 0 saturated heterocycles. The van der Waals surface area contributed by atoms with Crippen molar-refractivity contribution < 1.29 is 13.9 Å². The number of nitrogens with one attached hydrogen (secondary N) is 1. The van der Waals surface area contributed by atoms with E-state index in [1.165, 1.54) is 19.5 Å². The van der Waals surface area contributed by atoms with E-state index >= 15 is 0 Å². The number of ether oxygens (including phenoxy) is 1. The Bertz CT molecular complexity index is 1390. The van der Waals surface area contributed by atoms with Crippen LogP contribution in [0.25, 0.3) is 22.3 Å². The molecule has 0 saturated carbocycles. The minimum absolute atomic E-state index is 0.109. The summed E-state index contributed by atoms with van der Waals surface area (Å²) in [6, 6.07) is 9.76. The second-order valence-electron chi connectivity index (χ2n) is 7.63. The van der Waals surface area contributed by atoms with Crippen LogP contribution in [0.5, 0.6) is 5.88 Å². The van der Waals surface area contributed by atoms with Crippen LogP contribution in [0.2, 0.25) is 10.0 Å². The van der Waals surface area contributed by atoms with Crippen molar-refractivity contribution in [2.45, 2.75) is 26.2 Å². The van der Waals surface area contributed by atoms with Crippen LogP contribution in [0.1, 0.15) is 41.3 Å². The second kappa shape index (κ2) is 8.81. The smallest absolute Gasteiger partial charge is 0.267 e. The van der Waals surface area contributed by atoms with Crippen molar-refractivity contribution in [3.05, 3.63) is 79.8 Å². The third kappa shape index (κ3) is 3.92. The van der Waals surface area contributed by atoms with E-state index in [-0.39, 0.29) is 39.6 Å². The first-order valence-corrected chi connectivity index (χ1v) is 10.7. The van der Waals surface area contributed by atoms with Crippen molar-refractivity contribution in [3.8, 4) is 17.2 Å². The number of pyridine rings is 2. The first-order chi connectivity index (χ1) is 15.3. The molecule has 0 spiro atoms. The molecule has 6 nitrogen and oxygen atoms in total. The molecule has 0 bridgehead atoms. The van der Waals surface area contributed by atoms with E-state index in [0.29, 0.717) is 22.3 Å². The molecule has 3 aromatic heterocycles. The van der Waals surface area contributed by atoms with Crippen LogP contribution < -0.4 is 10.3 Å². The number of methoxy groups -OCH3 is 1. The van der Waals surface area contributed by atoms with E-state index in [2.05, 4.69) is 23.8 Å². The maximum Gasteiger partial charge on any atom is 0.267 e. The van der Waals surface area contributed by atoms with E-state index in [4.69, 9.17) is 32.4 Å². The quantitative estimate of drug-likeness (QED) is 0.346. The lowest BCUT2D eigenvalue weighted by Gasteiger charge is -2.10. The highest BCUT2D eigenvalue weighted by molar-refractivity contribution is 6.36. The normalized spacial score (nSPS) is 11.3. The summed E-state index contributed by atoms with van der Waals surface area (Å²) in [6.45, 7) is 4.21. The summed E-state index contributed by atoms with van der Waals surface area (Å²) in [5, 5.41) is 0.661.